The zero-order valence-corrected chi connectivity index (χ0v) is 10.9. The summed E-state index contributed by atoms with van der Waals surface area (Å²) >= 11 is 3.53. The summed E-state index contributed by atoms with van der Waals surface area (Å²) in [4.78, 5) is 10.3. The first kappa shape index (κ1) is 11.3. The maximum atomic E-state index is 10.3. The van der Waals surface area contributed by atoms with Gasteiger partial charge in [-0.15, -0.1) is 0 Å². The molecule has 90 valence electrons. The van der Waals surface area contributed by atoms with Crippen molar-refractivity contribution in [2.75, 3.05) is 0 Å². The number of rotatable bonds is 3. The fraction of sp³-hybridized carbons (Fsp3) is 0.0714. The van der Waals surface area contributed by atoms with Crippen molar-refractivity contribution in [1.29, 1.82) is 0 Å². The fourth-order valence-electron chi connectivity index (χ4n) is 2.15. The molecule has 0 saturated carbocycles. The van der Waals surface area contributed by atoms with Crippen LogP contribution in [0.4, 0.5) is 0 Å². The lowest BCUT2D eigenvalue weighted by atomic mass is 10.0. The maximum Gasteiger partial charge on any atom is 0.293 e. The Morgan fingerprint density at radius 3 is 2.94 bits per heavy atom. The number of benzene rings is 2. The minimum absolute atomic E-state index is 0.224. The molecule has 0 N–H and O–H groups in total. The van der Waals surface area contributed by atoms with Gasteiger partial charge in [-0.1, -0.05) is 28.1 Å². The molecule has 0 atom stereocenters. The van der Waals surface area contributed by atoms with Gasteiger partial charge in [0.25, 0.3) is 6.47 Å². The van der Waals surface area contributed by atoms with Crippen LogP contribution in [0.15, 0.2) is 45.5 Å². The molecule has 3 rings (SSSR count). The Morgan fingerprint density at radius 2 is 2.11 bits per heavy atom. The number of carbonyl (C=O) groups excluding carboxylic acids is 1. The van der Waals surface area contributed by atoms with Crippen molar-refractivity contribution in [3.63, 3.8) is 0 Å². The molecule has 2 aromatic carbocycles. The van der Waals surface area contributed by atoms with Gasteiger partial charge in [-0.05, 0) is 29.0 Å². The second-order valence-corrected chi connectivity index (χ2v) is 4.80. The Bertz CT molecular complexity index is 730. The van der Waals surface area contributed by atoms with E-state index in [1.54, 1.807) is 6.26 Å². The van der Waals surface area contributed by atoms with E-state index >= 15 is 0 Å². The van der Waals surface area contributed by atoms with E-state index in [1.165, 1.54) is 0 Å². The third kappa shape index (κ3) is 1.69. The van der Waals surface area contributed by atoms with Gasteiger partial charge in [0.15, 0.2) is 0 Å². The quantitative estimate of drug-likeness (QED) is 0.686. The molecule has 0 amide bonds. The highest BCUT2D eigenvalue weighted by atomic mass is 79.9. The Morgan fingerprint density at radius 1 is 1.22 bits per heavy atom. The molecule has 3 nitrogen and oxygen atoms in total. The average Bonchev–Trinajstić information content (AvgIpc) is 2.80. The van der Waals surface area contributed by atoms with Crippen molar-refractivity contribution in [3.8, 4) is 0 Å². The first-order valence-corrected chi connectivity index (χ1v) is 6.23. The van der Waals surface area contributed by atoms with Crippen LogP contribution in [0.25, 0.3) is 21.7 Å². The SMILES string of the molecule is O=COCc1coc2ccc3c(Br)cccc3c12. The topological polar surface area (TPSA) is 39.4 Å². The zero-order valence-electron chi connectivity index (χ0n) is 9.35. The van der Waals surface area contributed by atoms with Crippen LogP contribution in [0.2, 0.25) is 0 Å². The van der Waals surface area contributed by atoms with E-state index in [1.807, 2.05) is 30.3 Å². The zero-order chi connectivity index (χ0) is 12.5. The second kappa shape index (κ2) is 4.46. The van der Waals surface area contributed by atoms with Gasteiger partial charge < -0.3 is 9.15 Å². The molecule has 0 aliphatic carbocycles. The summed E-state index contributed by atoms with van der Waals surface area (Å²) in [6, 6.07) is 9.93. The fourth-order valence-corrected chi connectivity index (χ4v) is 2.65. The Kier molecular flexibility index (Phi) is 2.80. The highest BCUT2D eigenvalue weighted by Crippen LogP contribution is 2.33. The van der Waals surface area contributed by atoms with E-state index in [-0.39, 0.29) is 6.61 Å². The third-order valence-corrected chi connectivity index (χ3v) is 3.62. The largest absolute Gasteiger partial charge is 0.464 e. The van der Waals surface area contributed by atoms with E-state index < -0.39 is 0 Å². The summed E-state index contributed by atoms with van der Waals surface area (Å²) in [6.07, 6.45) is 1.63. The molecule has 4 heteroatoms. The highest BCUT2D eigenvalue weighted by molar-refractivity contribution is 9.10. The van der Waals surface area contributed by atoms with Crippen LogP contribution in [-0.2, 0) is 16.1 Å². The third-order valence-electron chi connectivity index (χ3n) is 2.93. The van der Waals surface area contributed by atoms with E-state index in [0.717, 1.165) is 31.8 Å². The number of furan rings is 1. The molecule has 18 heavy (non-hydrogen) atoms. The van der Waals surface area contributed by atoms with Gasteiger partial charge in [-0.25, -0.2) is 0 Å². The molecule has 0 saturated heterocycles. The Labute approximate surface area is 111 Å². The number of ether oxygens (including phenoxy) is 1. The van der Waals surface area contributed by atoms with Crippen molar-refractivity contribution >= 4 is 44.1 Å². The molecule has 0 fully saturated rings. The van der Waals surface area contributed by atoms with Gasteiger partial charge in [0.1, 0.15) is 12.2 Å². The number of fused-ring (bicyclic) bond motifs is 3. The summed E-state index contributed by atoms with van der Waals surface area (Å²) in [5.41, 5.74) is 1.67. The average molecular weight is 305 g/mol. The van der Waals surface area contributed by atoms with Crippen LogP contribution >= 0.6 is 15.9 Å². The van der Waals surface area contributed by atoms with Crippen LogP contribution in [0.3, 0.4) is 0 Å². The van der Waals surface area contributed by atoms with Gasteiger partial charge in [0, 0.05) is 15.4 Å². The lowest BCUT2D eigenvalue weighted by molar-refractivity contribution is -0.129. The summed E-state index contributed by atoms with van der Waals surface area (Å²) in [6.45, 7) is 0.669. The monoisotopic (exact) mass is 304 g/mol. The predicted molar refractivity (Wildman–Crippen MR) is 72.3 cm³/mol. The molecular formula is C14H9BrO3. The van der Waals surface area contributed by atoms with Crippen LogP contribution in [-0.4, -0.2) is 6.47 Å². The molecular weight excluding hydrogens is 296 g/mol. The summed E-state index contributed by atoms with van der Waals surface area (Å²) < 4.78 is 11.3. The molecule has 0 unspecified atom stereocenters. The highest BCUT2D eigenvalue weighted by Gasteiger charge is 2.11. The smallest absolute Gasteiger partial charge is 0.293 e. The van der Waals surface area contributed by atoms with Crippen molar-refractivity contribution in [2.45, 2.75) is 6.61 Å². The first-order valence-electron chi connectivity index (χ1n) is 5.44. The van der Waals surface area contributed by atoms with Gasteiger partial charge in [0.2, 0.25) is 0 Å². The summed E-state index contributed by atoms with van der Waals surface area (Å²) in [7, 11) is 0. The predicted octanol–water partition coefficient (Wildman–Crippen LogP) is 4.02. The Hall–Kier alpha value is -1.81. The van der Waals surface area contributed by atoms with Crippen LogP contribution < -0.4 is 0 Å². The molecule has 3 aromatic rings. The van der Waals surface area contributed by atoms with Crippen LogP contribution in [0.5, 0.6) is 0 Å². The molecule has 0 bridgehead atoms. The van der Waals surface area contributed by atoms with Gasteiger partial charge in [-0.2, -0.15) is 0 Å². The molecule has 1 heterocycles. The van der Waals surface area contributed by atoms with Crippen LogP contribution in [0.1, 0.15) is 5.56 Å². The molecule has 0 radical (unpaired) electrons. The molecule has 1 aromatic heterocycles. The van der Waals surface area contributed by atoms with Crippen LogP contribution in [0, 0.1) is 0 Å². The molecule has 0 aliphatic heterocycles. The number of halogens is 1. The maximum absolute atomic E-state index is 10.3. The van der Waals surface area contributed by atoms with Crippen molar-refractivity contribution < 1.29 is 13.9 Å². The van der Waals surface area contributed by atoms with Gasteiger partial charge >= 0.3 is 0 Å². The minimum atomic E-state index is 0.224. The van der Waals surface area contributed by atoms with E-state index in [4.69, 9.17) is 9.15 Å². The van der Waals surface area contributed by atoms with E-state index in [0.29, 0.717) is 6.47 Å². The standard InChI is InChI=1S/C14H9BrO3/c15-12-3-1-2-11-10(12)4-5-13-14(11)9(7-18-13)6-17-8-16/h1-5,7-8H,6H2. The summed E-state index contributed by atoms with van der Waals surface area (Å²) in [5.74, 6) is 0. The minimum Gasteiger partial charge on any atom is -0.464 e. The van der Waals surface area contributed by atoms with Gasteiger partial charge in [0.05, 0.1) is 6.26 Å². The number of carbonyl (C=O) groups is 1. The molecule has 0 spiro atoms. The first-order chi connectivity index (χ1) is 8.81. The Balaban J connectivity index is 2.33. The van der Waals surface area contributed by atoms with Crippen molar-refractivity contribution in [3.05, 3.63) is 46.6 Å². The lowest BCUT2D eigenvalue weighted by Gasteiger charge is -2.03. The molecule has 0 aliphatic rings. The van der Waals surface area contributed by atoms with E-state index in [2.05, 4.69) is 15.9 Å². The number of hydrogen-bond acceptors (Lipinski definition) is 3. The summed E-state index contributed by atoms with van der Waals surface area (Å²) in [5, 5.41) is 3.19. The van der Waals surface area contributed by atoms with Gasteiger partial charge in [-0.3, -0.25) is 4.79 Å². The lowest BCUT2D eigenvalue weighted by Crippen LogP contribution is -1.88. The normalized spacial score (nSPS) is 10.9. The number of hydrogen-bond donors (Lipinski definition) is 0. The van der Waals surface area contributed by atoms with Crippen molar-refractivity contribution in [1.82, 2.24) is 0 Å². The van der Waals surface area contributed by atoms with Crippen molar-refractivity contribution in [2.24, 2.45) is 0 Å². The second-order valence-electron chi connectivity index (χ2n) is 3.94. The van der Waals surface area contributed by atoms with E-state index in [9.17, 15) is 4.79 Å².